The van der Waals surface area contributed by atoms with Crippen molar-refractivity contribution in [2.24, 2.45) is 5.84 Å². The molecule has 0 aliphatic rings. The first-order valence-corrected chi connectivity index (χ1v) is 6.66. The second kappa shape index (κ2) is 6.26. The molecule has 1 amide bonds. The van der Waals surface area contributed by atoms with Crippen LogP contribution in [0.1, 0.15) is 12.1 Å². The van der Waals surface area contributed by atoms with E-state index in [4.69, 9.17) is 33.8 Å². The van der Waals surface area contributed by atoms with E-state index in [1.807, 2.05) is 24.5 Å². The van der Waals surface area contributed by atoms with Crippen LogP contribution in [0.15, 0.2) is 18.2 Å². The summed E-state index contributed by atoms with van der Waals surface area (Å²) in [6.07, 6.45) is 0.128. The van der Waals surface area contributed by atoms with E-state index in [0.717, 1.165) is 11.1 Å². The number of aryl methyl sites for hydroxylation is 1. The summed E-state index contributed by atoms with van der Waals surface area (Å²) < 4.78 is 5.56. The quantitative estimate of drug-likeness (QED) is 0.517. The molecule has 5 nitrogen and oxygen atoms in total. The lowest BCUT2D eigenvalue weighted by atomic mass is 10.2. The number of carbonyl (C=O) groups excluding carboxylic acids is 1. The molecule has 0 radical (unpaired) electrons. The third-order valence-electron chi connectivity index (χ3n) is 2.71. The molecule has 0 unspecified atom stereocenters. The van der Waals surface area contributed by atoms with Crippen LogP contribution >= 0.6 is 23.2 Å². The average Bonchev–Trinajstić information content (AvgIpc) is 2.41. The maximum atomic E-state index is 11.1. The van der Waals surface area contributed by atoms with Crippen molar-refractivity contribution in [2.45, 2.75) is 13.3 Å². The van der Waals surface area contributed by atoms with Gasteiger partial charge in [-0.05, 0) is 25.1 Å². The Labute approximate surface area is 126 Å². The summed E-state index contributed by atoms with van der Waals surface area (Å²) in [6, 6.07) is 5.31. The standard InChI is InChI=1S/C13H13Cl2N3O2/c1-7-2-3-8-9(14)6-10(15)13(12(8)17-7)20-5-4-11(19)18-16/h2-3,6H,4-5,16H2,1H3,(H,18,19). The molecule has 0 bridgehead atoms. The van der Waals surface area contributed by atoms with Gasteiger partial charge in [-0.2, -0.15) is 0 Å². The fourth-order valence-corrected chi connectivity index (χ4v) is 2.32. The maximum absolute atomic E-state index is 11.1. The molecule has 7 heteroatoms. The van der Waals surface area contributed by atoms with Gasteiger partial charge in [-0.3, -0.25) is 10.2 Å². The van der Waals surface area contributed by atoms with Crippen molar-refractivity contribution in [1.82, 2.24) is 10.4 Å². The Morgan fingerprint density at radius 1 is 1.40 bits per heavy atom. The van der Waals surface area contributed by atoms with Crippen LogP contribution in [0.3, 0.4) is 0 Å². The van der Waals surface area contributed by atoms with Gasteiger partial charge >= 0.3 is 0 Å². The Bertz CT molecular complexity index is 662. The second-order valence-electron chi connectivity index (χ2n) is 4.18. The van der Waals surface area contributed by atoms with Crippen LogP contribution < -0.4 is 16.0 Å². The van der Waals surface area contributed by atoms with Gasteiger partial charge in [-0.15, -0.1) is 0 Å². The van der Waals surface area contributed by atoms with Gasteiger partial charge in [0, 0.05) is 11.1 Å². The summed E-state index contributed by atoms with van der Waals surface area (Å²) in [7, 11) is 0. The van der Waals surface area contributed by atoms with Gasteiger partial charge in [0.25, 0.3) is 0 Å². The first-order chi connectivity index (χ1) is 9.52. The minimum atomic E-state index is -0.316. The molecule has 20 heavy (non-hydrogen) atoms. The molecule has 106 valence electrons. The van der Waals surface area contributed by atoms with Crippen LogP contribution in [-0.2, 0) is 4.79 Å². The number of nitrogens with one attached hydrogen (secondary N) is 1. The number of nitrogens with zero attached hydrogens (tertiary/aromatic N) is 1. The second-order valence-corrected chi connectivity index (χ2v) is 5.00. The first kappa shape index (κ1) is 14.8. The molecule has 0 spiro atoms. The van der Waals surface area contributed by atoms with Crippen LogP contribution in [-0.4, -0.2) is 17.5 Å². The van der Waals surface area contributed by atoms with E-state index in [9.17, 15) is 4.79 Å². The maximum Gasteiger partial charge on any atom is 0.237 e. The van der Waals surface area contributed by atoms with Crippen molar-refractivity contribution in [3.05, 3.63) is 33.9 Å². The van der Waals surface area contributed by atoms with Gasteiger partial charge in [0.05, 0.1) is 23.1 Å². The summed E-state index contributed by atoms with van der Waals surface area (Å²) in [5.41, 5.74) is 3.43. The van der Waals surface area contributed by atoms with Gasteiger partial charge in [-0.1, -0.05) is 23.2 Å². The first-order valence-electron chi connectivity index (χ1n) is 5.90. The summed E-state index contributed by atoms with van der Waals surface area (Å²) >= 11 is 12.3. The number of amides is 1. The normalized spacial score (nSPS) is 10.6. The van der Waals surface area contributed by atoms with Crippen LogP contribution in [0.5, 0.6) is 5.75 Å². The van der Waals surface area contributed by atoms with Crippen LogP contribution in [0.4, 0.5) is 0 Å². The zero-order chi connectivity index (χ0) is 14.7. The Morgan fingerprint density at radius 3 is 2.85 bits per heavy atom. The lowest BCUT2D eigenvalue weighted by molar-refractivity contribution is -0.121. The predicted octanol–water partition coefficient (Wildman–Crippen LogP) is 2.61. The van der Waals surface area contributed by atoms with Crippen molar-refractivity contribution < 1.29 is 9.53 Å². The minimum Gasteiger partial charge on any atom is -0.489 e. The number of pyridine rings is 1. The molecule has 1 aromatic carbocycles. The number of hydrogen-bond donors (Lipinski definition) is 2. The van der Waals surface area contributed by atoms with E-state index >= 15 is 0 Å². The Morgan fingerprint density at radius 2 is 2.15 bits per heavy atom. The van der Waals surface area contributed by atoms with Crippen molar-refractivity contribution in [1.29, 1.82) is 0 Å². The number of halogens is 2. The highest BCUT2D eigenvalue weighted by atomic mass is 35.5. The number of benzene rings is 1. The number of fused-ring (bicyclic) bond motifs is 1. The molecule has 0 aliphatic heterocycles. The smallest absolute Gasteiger partial charge is 0.237 e. The Kier molecular flexibility index (Phi) is 4.65. The van der Waals surface area contributed by atoms with Crippen molar-refractivity contribution in [2.75, 3.05) is 6.61 Å². The van der Waals surface area contributed by atoms with E-state index in [-0.39, 0.29) is 18.9 Å². The molecule has 0 saturated heterocycles. The molecule has 2 rings (SSSR count). The molecule has 3 N–H and O–H groups in total. The molecule has 0 fully saturated rings. The van der Waals surface area contributed by atoms with E-state index < -0.39 is 0 Å². The zero-order valence-electron chi connectivity index (χ0n) is 10.7. The molecular weight excluding hydrogens is 301 g/mol. The van der Waals surface area contributed by atoms with Crippen molar-refractivity contribution in [3.8, 4) is 5.75 Å². The van der Waals surface area contributed by atoms with Gasteiger partial charge < -0.3 is 4.74 Å². The summed E-state index contributed by atoms with van der Waals surface area (Å²) in [5.74, 6) is 5.10. The van der Waals surface area contributed by atoms with E-state index in [1.54, 1.807) is 6.07 Å². The van der Waals surface area contributed by atoms with Crippen molar-refractivity contribution >= 4 is 40.0 Å². The number of hydrazine groups is 1. The topological polar surface area (TPSA) is 77.2 Å². The van der Waals surface area contributed by atoms with E-state index in [0.29, 0.717) is 21.3 Å². The fraction of sp³-hybridized carbons (Fsp3) is 0.231. The summed E-state index contributed by atoms with van der Waals surface area (Å²) in [6.45, 7) is 2.01. The Hall–Kier alpha value is -1.56. The Balaban J connectivity index is 2.36. The minimum absolute atomic E-state index is 0.128. The molecule has 0 saturated carbocycles. The van der Waals surface area contributed by atoms with Crippen LogP contribution in [0.2, 0.25) is 10.0 Å². The molecule has 2 aromatic rings. The number of carbonyl (C=O) groups is 1. The van der Waals surface area contributed by atoms with Crippen LogP contribution in [0.25, 0.3) is 10.9 Å². The molecule has 1 heterocycles. The monoisotopic (exact) mass is 313 g/mol. The van der Waals surface area contributed by atoms with Crippen LogP contribution in [0, 0.1) is 6.92 Å². The molecule has 0 aliphatic carbocycles. The molecule has 1 aromatic heterocycles. The average molecular weight is 314 g/mol. The predicted molar refractivity (Wildman–Crippen MR) is 78.9 cm³/mol. The highest BCUT2D eigenvalue weighted by Crippen LogP contribution is 2.37. The van der Waals surface area contributed by atoms with Gasteiger partial charge in [-0.25, -0.2) is 10.8 Å². The fourth-order valence-electron chi connectivity index (χ4n) is 1.75. The third kappa shape index (κ3) is 3.12. The van der Waals surface area contributed by atoms with Crippen molar-refractivity contribution in [3.63, 3.8) is 0 Å². The molecule has 0 atom stereocenters. The lowest BCUT2D eigenvalue weighted by Gasteiger charge is -2.12. The van der Waals surface area contributed by atoms with E-state index in [2.05, 4.69) is 4.98 Å². The zero-order valence-corrected chi connectivity index (χ0v) is 12.3. The van der Waals surface area contributed by atoms with Gasteiger partial charge in [0.1, 0.15) is 5.52 Å². The number of ether oxygens (including phenoxy) is 1. The molecular formula is C13H13Cl2N3O2. The van der Waals surface area contributed by atoms with Gasteiger partial charge in [0.15, 0.2) is 5.75 Å². The number of aromatic nitrogens is 1. The third-order valence-corrected chi connectivity index (χ3v) is 3.31. The highest BCUT2D eigenvalue weighted by Gasteiger charge is 2.13. The SMILES string of the molecule is Cc1ccc2c(Cl)cc(Cl)c(OCCC(=O)NN)c2n1. The van der Waals surface area contributed by atoms with E-state index in [1.165, 1.54) is 0 Å². The largest absolute Gasteiger partial charge is 0.489 e. The highest BCUT2D eigenvalue weighted by molar-refractivity contribution is 6.39. The number of nitrogens with two attached hydrogens (primary N) is 1. The number of rotatable bonds is 4. The summed E-state index contributed by atoms with van der Waals surface area (Å²) in [5, 5.41) is 1.61. The lowest BCUT2D eigenvalue weighted by Crippen LogP contribution is -2.31. The summed E-state index contributed by atoms with van der Waals surface area (Å²) in [4.78, 5) is 15.5. The number of hydrogen-bond acceptors (Lipinski definition) is 4. The van der Waals surface area contributed by atoms with Gasteiger partial charge in [0.2, 0.25) is 5.91 Å².